The number of nitrogens with one attached hydrogen (secondary N) is 1. The number of amides is 2. The summed E-state index contributed by atoms with van der Waals surface area (Å²) in [4.78, 5) is 44.9. The summed E-state index contributed by atoms with van der Waals surface area (Å²) in [5.41, 5.74) is 2.54. The van der Waals surface area contributed by atoms with Gasteiger partial charge < -0.3 is 15.0 Å². The molecule has 1 aliphatic heterocycles. The standard InChI is InChI=1S/C35H34N2O4/c1-23(2)36-34(39)32-29(24-14-7-4-8-15-24)30(33(38)26-18-11-6-12-19-26)31(25-16-9-5-10-17-25)37(32)35(40)27-20-13-21-28(22-27)41-3/h4-23,29-32H,1-3H3,(H,36,39). The van der Waals surface area contributed by atoms with Crippen LogP contribution < -0.4 is 10.1 Å². The van der Waals surface area contributed by atoms with Crippen molar-refractivity contribution in [2.75, 3.05) is 7.11 Å². The third-order valence-corrected chi connectivity index (χ3v) is 7.60. The van der Waals surface area contributed by atoms with Crippen LogP contribution in [0, 0.1) is 5.92 Å². The van der Waals surface area contributed by atoms with E-state index in [9.17, 15) is 14.4 Å². The first-order valence-corrected chi connectivity index (χ1v) is 13.9. The van der Waals surface area contributed by atoms with E-state index in [1.165, 1.54) is 0 Å². The largest absolute Gasteiger partial charge is 0.497 e. The lowest BCUT2D eigenvalue weighted by Crippen LogP contribution is -2.50. The van der Waals surface area contributed by atoms with E-state index in [0.29, 0.717) is 16.9 Å². The van der Waals surface area contributed by atoms with E-state index in [4.69, 9.17) is 4.74 Å². The molecule has 0 radical (unpaired) electrons. The predicted molar refractivity (Wildman–Crippen MR) is 159 cm³/mol. The highest BCUT2D eigenvalue weighted by Gasteiger charge is 2.57. The Labute approximate surface area is 241 Å². The topological polar surface area (TPSA) is 75.7 Å². The Morgan fingerprint density at radius 1 is 0.732 bits per heavy atom. The number of hydrogen-bond donors (Lipinski definition) is 1. The van der Waals surface area contributed by atoms with Gasteiger partial charge in [0.1, 0.15) is 11.8 Å². The molecular formula is C35H34N2O4. The van der Waals surface area contributed by atoms with E-state index in [2.05, 4.69) is 5.32 Å². The fourth-order valence-corrected chi connectivity index (χ4v) is 5.91. The van der Waals surface area contributed by atoms with Crippen molar-refractivity contribution in [3.63, 3.8) is 0 Å². The van der Waals surface area contributed by atoms with E-state index in [-0.39, 0.29) is 23.6 Å². The van der Waals surface area contributed by atoms with Crippen LogP contribution in [0.15, 0.2) is 115 Å². The van der Waals surface area contributed by atoms with Crippen LogP contribution in [0.5, 0.6) is 5.75 Å². The third-order valence-electron chi connectivity index (χ3n) is 7.60. The van der Waals surface area contributed by atoms with Gasteiger partial charge in [-0.3, -0.25) is 14.4 Å². The van der Waals surface area contributed by atoms with Crippen LogP contribution in [0.2, 0.25) is 0 Å². The molecule has 208 valence electrons. The summed E-state index contributed by atoms with van der Waals surface area (Å²) in [6.45, 7) is 3.78. The van der Waals surface area contributed by atoms with Crippen molar-refractivity contribution in [3.8, 4) is 5.75 Å². The molecule has 0 spiro atoms. The van der Waals surface area contributed by atoms with Gasteiger partial charge in [-0.15, -0.1) is 0 Å². The van der Waals surface area contributed by atoms with Crippen LogP contribution in [-0.4, -0.2) is 41.7 Å². The normalized spacial score (nSPS) is 20.0. The van der Waals surface area contributed by atoms with E-state index in [1.807, 2.05) is 92.7 Å². The average molecular weight is 547 g/mol. The smallest absolute Gasteiger partial charge is 0.255 e. The summed E-state index contributed by atoms with van der Waals surface area (Å²) in [7, 11) is 1.55. The summed E-state index contributed by atoms with van der Waals surface area (Å²) in [6, 6.07) is 33.4. The number of rotatable bonds is 8. The summed E-state index contributed by atoms with van der Waals surface area (Å²) in [6.07, 6.45) is 0. The molecular weight excluding hydrogens is 512 g/mol. The van der Waals surface area contributed by atoms with Gasteiger partial charge >= 0.3 is 0 Å². The third kappa shape index (κ3) is 5.64. The summed E-state index contributed by atoms with van der Waals surface area (Å²) < 4.78 is 5.41. The van der Waals surface area contributed by atoms with E-state index in [0.717, 1.165) is 11.1 Å². The van der Waals surface area contributed by atoms with Crippen molar-refractivity contribution in [1.82, 2.24) is 10.2 Å². The Hall–Kier alpha value is -4.71. The van der Waals surface area contributed by atoms with Crippen LogP contribution in [-0.2, 0) is 4.79 Å². The molecule has 4 unspecified atom stereocenters. The van der Waals surface area contributed by atoms with E-state index in [1.54, 1.807) is 48.4 Å². The lowest BCUT2D eigenvalue weighted by Gasteiger charge is -2.32. The van der Waals surface area contributed by atoms with Crippen LogP contribution in [0.1, 0.15) is 57.7 Å². The van der Waals surface area contributed by atoms with Crippen molar-refractivity contribution >= 4 is 17.6 Å². The van der Waals surface area contributed by atoms with Crippen LogP contribution in [0.3, 0.4) is 0 Å². The maximum atomic E-state index is 14.6. The Morgan fingerprint density at radius 2 is 1.29 bits per heavy atom. The molecule has 4 atom stereocenters. The molecule has 6 nitrogen and oxygen atoms in total. The van der Waals surface area contributed by atoms with Crippen molar-refractivity contribution in [3.05, 3.63) is 138 Å². The van der Waals surface area contributed by atoms with Crippen LogP contribution in [0.25, 0.3) is 0 Å². The molecule has 1 N–H and O–H groups in total. The number of benzene rings is 4. The molecule has 1 saturated heterocycles. The Balaban J connectivity index is 1.78. The van der Waals surface area contributed by atoms with Gasteiger partial charge in [-0.1, -0.05) is 97.1 Å². The number of ether oxygens (including phenoxy) is 1. The minimum Gasteiger partial charge on any atom is -0.497 e. The maximum absolute atomic E-state index is 14.6. The number of hydrogen-bond acceptors (Lipinski definition) is 4. The van der Waals surface area contributed by atoms with Gasteiger partial charge in [0.05, 0.1) is 19.1 Å². The molecule has 4 aromatic carbocycles. The van der Waals surface area contributed by atoms with Gasteiger partial charge in [-0.2, -0.15) is 0 Å². The first-order chi connectivity index (χ1) is 19.9. The Bertz CT molecular complexity index is 1510. The molecule has 1 aliphatic rings. The molecule has 0 aromatic heterocycles. The lowest BCUT2D eigenvalue weighted by molar-refractivity contribution is -0.126. The van der Waals surface area contributed by atoms with Crippen LogP contribution >= 0.6 is 0 Å². The van der Waals surface area contributed by atoms with Crippen molar-refractivity contribution in [2.45, 2.75) is 37.9 Å². The molecule has 0 aliphatic carbocycles. The number of ketones is 1. The van der Waals surface area contributed by atoms with Gasteiger partial charge in [0.15, 0.2) is 5.78 Å². The van der Waals surface area contributed by atoms with Crippen molar-refractivity contribution in [1.29, 1.82) is 0 Å². The zero-order chi connectivity index (χ0) is 28.9. The number of likely N-dealkylation sites (tertiary alicyclic amines) is 1. The quantitative estimate of drug-likeness (QED) is 0.272. The van der Waals surface area contributed by atoms with Crippen LogP contribution in [0.4, 0.5) is 0 Å². The SMILES string of the molecule is COc1cccc(C(=O)N2C(C(=O)NC(C)C)C(c3ccccc3)C(C(=O)c3ccccc3)C2c2ccccc2)c1. The zero-order valence-electron chi connectivity index (χ0n) is 23.4. The van der Waals surface area contributed by atoms with Gasteiger partial charge in [0.25, 0.3) is 5.91 Å². The molecule has 0 bridgehead atoms. The van der Waals surface area contributed by atoms with E-state index < -0.39 is 23.9 Å². The maximum Gasteiger partial charge on any atom is 0.255 e. The molecule has 4 aromatic rings. The predicted octanol–water partition coefficient (Wildman–Crippen LogP) is 6.07. The first-order valence-electron chi connectivity index (χ1n) is 13.9. The van der Waals surface area contributed by atoms with Crippen molar-refractivity contribution in [2.24, 2.45) is 5.92 Å². The second-order valence-corrected chi connectivity index (χ2v) is 10.6. The highest BCUT2D eigenvalue weighted by Crippen LogP contribution is 2.51. The van der Waals surface area contributed by atoms with Gasteiger partial charge in [0.2, 0.25) is 5.91 Å². The first kappa shape index (κ1) is 27.8. The molecule has 5 rings (SSSR count). The van der Waals surface area contributed by atoms with Crippen molar-refractivity contribution < 1.29 is 19.1 Å². The number of Topliss-reactive ketones (excluding diaryl/α,β-unsaturated/α-hetero) is 1. The summed E-state index contributed by atoms with van der Waals surface area (Å²) in [5.74, 6) is -1.54. The number of methoxy groups -OCH3 is 1. The molecule has 41 heavy (non-hydrogen) atoms. The number of carbonyl (C=O) groups excluding carboxylic acids is 3. The molecule has 1 heterocycles. The highest BCUT2D eigenvalue weighted by atomic mass is 16.5. The second kappa shape index (κ2) is 12.2. The van der Waals surface area contributed by atoms with Gasteiger partial charge in [-0.25, -0.2) is 0 Å². The second-order valence-electron chi connectivity index (χ2n) is 10.6. The fourth-order valence-electron chi connectivity index (χ4n) is 5.91. The minimum atomic E-state index is -0.943. The number of carbonyl (C=O) groups is 3. The Morgan fingerprint density at radius 3 is 1.88 bits per heavy atom. The highest BCUT2D eigenvalue weighted by molar-refractivity contribution is 6.04. The molecule has 0 saturated carbocycles. The van der Waals surface area contributed by atoms with Gasteiger partial charge in [-0.05, 0) is 43.2 Å². The van der Waals surface area contributed by atoms with Gasteiger partial charge in [0, 0.05) is 23.1 Å². The molecule has 1 fully saturated rings. The lowest BCUT2D eigenvalue weighted by atomic mass is 9.76. The zero-order valence-corrected chi connectivity index (χ0v) is 23.4. The average Bonchev–Trinajstić information content (AvgIpc) is 3.37. The molecule has 2 amide bonds. The molecule has 6 heteroatoms. The fraction of sp³-hybridized carbons (Fsp3) is 0.229. The Kier molecular flexibility index (Phi) is 8.29. The summed E-state index contributed by atoms with van der Waals surface area (Å²) >= 11 is 0. The minimum absolute atomic E-state index is 0.114. The number of nitrogens with zero attached hydrogens (tertiary/aromatic N) is 1. The van der Waals surface area contributed by atoms with E-state index >= 15 is 0 Å². The monoisotopic (exact) mass is 546 g/mol. The summed E-state index contributed by atoms with van der Waals surface area (Å²) in [5, 5.41) is 3.05.